The number of fused-ring (bicyclic) bond motifs is 1. The van der Waals surface area contributed by atoms with Gasteiger partial charge < -0.3 is 9.84 Å². The van der Waals surface area contributed by atoms with Crippen LogP contribution in [0, 0.1) is 0 Å². The van der Waals surface area contributed by atoms with Crippen LogP contribution in [-0.4, -0.2) is 22.8 Å². The van der Waals surface area contributed by atoms with Gasteiger partial charge >= 0.3 is 24.6 Å². The van der Waals surface area contributed by atoms with Crippen LogP contribution in [0.25, 0.3) is 0 Å². The number of nitrogens with zero attached hydrogens (tertiary/aromatic N) is 1. The van der Waals surface area contributed by atoms with Crippen molar-refractivity contribution in [3.8, 4) is 0 Å². The van der Waals surface area contributed by atoms with E-state index < -0.39 is 70.5 Å². The van der Waals surface area contributed by atoms with Crippen LogP contribution in [0.2, 0.25) is 0 Å². The number of anilines is 1. The topological polar surface area (TPSA) is 49.8 Å². The number of aliphatic hydroxyl groups excluding tert-OH is 1. The summed E-state index contributed by atoms with van der Waals surface area (Å²) in [5.41, 5.74) is -6.69. The van der Waals surface area contributed by atoms with Crippen LogP contribution in [-0.2, 0) is 23.3 Å². The van der Waals surface area contributed by atoms with Gasteiger partial charge in [0.2, 0.25) is 0 Å². The predicted molar refractivity (Wildman–Crippen MR) is 118 cm³/mol. The fourth-order valence-electron chi connectivity index (χ4n) is 4.48. The average Bonchev–Trinajstić information content (AvgIpc) is 3.09. The van der Waals surface area contributed by atoms with Gasteiger partial charge in [0, 0.05) is 12.0 Å². The summed E-state index contributed by atoms with van der Waals surface area (Å²) in [4.78, 5) is 13.9. The summed E-state index contributed by atoms with van der Waals surface area (Å²) in [6.07, 6.45) is -18.3. The van der Waals surface area contributed by atoms with E-state index in [2.05, 4.69) is 0 Å². The number of amides is 1. The van der Waals surface area contributed by atoms with Gasteiger partial charge in [-0.05, 0) is 68.7 Å². The number of halogens is 9. The predicted octanol–water partition coefficient (Wildman–Crippen LogP) is 8.09. The van der Waals surface area contributed by atoms with E-state index in [1.165, 1.54) is 27.7 Å². The van der Waals surface area contributed by atoms with E-state index in [0.29, 0.717) is 24.3 Å². The molecular formula is C25H24F9NO3. The molecule has 210 valence electrons. The summed E-state index contributed by atoms with van der Waals surface area (Å²) in [6, 6.07) is 1.72. The Morgan fingerprint density at radius 2 is 1.37 bits per heavy atom. The maximum Gasteiger partial charge on any atom is 0.416 e. The van der Waals surface area contributed by atoms with Crippen molar-refractivity contribution in [2.75, 3.05) is 4.90 Å². The molecule has 1 heterocycles. The van der Waals surface area contributed by atoms with E-state index in [-0.39, 0.29) is 23.7 Å². The van der Waals surface area contributed by atoms with Crippen LogP contribution in [0.3, 0.4) is 0 Å². The van der Waals surface area contributed by atoms with E-state index in [9.17, 15) is 49.4 Å². The third-order valence-corrected chi connectivity index (χ3v) is 6.02. The van der Waals surface area contributed by atoms with Crippen molar-refractivity contribution in [3.05, 3.63) is 64.2 Å². The molecule has 1 aliphatic rings. The minimum atomic E-state index is -5.18. The third-order valence-electron chi connectivity index (χ3n) is 6.02. The smallest absolute Gasteiger partial charge is 0.416 e. The quantitative estimate of drug-likeness (QED) is 0.388. The normalized spacial score (nSPS) is 19.4. The number of alkyl halides is 9. The molecule has 1 aliphatic heterocycles. The molecule has 0 saturated carbocycles. The van der Waals surface area contributed by atoms with Crippen LogP contribution in [0.1, 0.15) is 74.0 Å². The summed E-state index contributed by atoms with van der Waals surface area (Å²) >= 11 is 0. The van der Waals surface area contributed by atoms with Gasteiger partial charge in [-0.1, -0.05) is 13.0 Å². The van der Waals surface area contributed by atoms with Gasteiger partial charge in [0.05, 0.1) is 28.5 Å². The molecule has 0 fully saturated rings. The minimum absolute atomic E-state index is 0.0257. The number of hydrogen-bond donors (Lipinski definition) is 1. The molecule has 2 aromatic rings. The molecule has 1 N–H and O–H groups in total. The van der Waals surface area contributed by atoms with Crippen molar-refractivity contribution in [1.29, 1.82) is 0 Å². The summed E-state index contributed by atoms with van der Waals surface area (Å²) in [7, 11) is 0. The summed E-state index contributed by atoms with van der Waals surface area (Å²) in [6.45, 7) is 6.01. The molecule has 13 heteroatoms. The highest BCUT2D eigenvalue weighted by Crippen LogP contribution is 2.51. The molecule has 0 aromatic heterocycles. The largest absolute Gasteiger partial charge is 0.443 e. The molecule has 1 amide bonds. The first-order valence-corrected chi connectivity index (χ1v) is 11.4. The highest BCUT2D eigenvalue weighted by Gasteiger charge is 2.48. The Bertz CT molecular complexity index is 1160. The van der Waals surface area contributed by atoms with Gasteiger partial charge in [-0.15, -0.1) is 0 Å². The van der Waals surface area contributed by atoms with Crippen molar-refractivity contribution in [1.82, 2.24) is 0 Å². The zero-order chi connectivity index (χ0) is 29.0. The molecule has 2 aromatic carbocycles. The van der Waals surface area contributed by atoms with Crippen molar-refractivity contribution in [2.45, 2.75) is 76.3 Å². The van der Waals surface area contributed by atoms with Crippen LogP contribution >= 0.6 is 0 Å². The SMILES string of the molecule is CCC1C(C(O)c2cc(C(F)(F)F)cc(C(F)(F)F)c2)c2ccc(C(F)(F)F)cc2N1C(=O)OC(C)(C)C. The zero-order valence-corrected chi connectivity index (χ0v) is 20.5. The fraction of sp³-hybridized carbons (Fsp3) is 0.480. The molecular weight excluding hydrogens is 533 g/mol. The lowest BCUT2D eigenvalue weighted by molar-refractivity contribution is -0.143. The molecule has 0 saturated heterocycles. The lowest BCUT2D eigenvalue weighted by Gasteiger charge is -2.32. The highest BCUT2D eigenvalue weighted by molar-refractivity contribution is 5.92. The van der Waals surface area contributed by atoms with E-state index in [4.69, 9.17) is 4.74 Å². The number of aliphatic hydroxyl groups is 1. The number of carbonyl (C=O) groups excluding carboxylic acids is 1. The molecule has 0 spiro atoms. The fourth-order valence-corrected chi connectivity index (χ4v) is 4.48. The van der Waals surface area contributed by atoms with Crippen LogP contribution in [0.5, 0.6) is 0 Å². The Kier molecular flexibility index (Phi) is 7.52. The highest BCUT2D eigenvalue weighted by atomic mass is 19.4. The van der Waals surface area contributed by atoms with Crippen molar-refractivity contribution < 1.29 is 54.2 Å². The number of rotatable bonds is 3. The van der Waals surface area contributed by atoms with E-state index in [1.54, 1.807) is 0 Å². The molecule has 0 bridgehead atoms. The zero-order valence-electron chi connectivity index (χ0n) is 20.5. The summed E-state index contributed by atoms with van der Waals surface area (Å²) in [5, 5.41) is 11.2. The Hall–Kier alpha value is -2.96. The summed E-state index contributed by atoms with van der Waals surface area (Å²) in [5.74, 6) is -1.37. The van der Waals surface area contributed by atoms with Gasteiger partial charge in [-0.2, -0.15) is 39.5 Å². The van der Waals surface area contributed by atoms with E-state index in [0.717, 1.165) is 11.0 Å². The van der Waals surface area contributed by atoms with Crippen LogP contribution in [0.4, 0.5) is 50.0 Å². The maximum atomic E-state index is 13.5. The van der Waals surface area contributed by atoms with Gasteiger partial charge in [0.25, 0.3) is 0 Å². The Labute approximate surface area is 212 Å². The lowest BCUT2D eigenvalue weighted by atomic mass is 9.83. The first-order valence-electron chi connectivity index (χ1n) is 11.4. The molecule has 0 radical (unpaired) electrons. The maximum absolute atomic E-state index is 13.5. The van der Waals surface area contributed by atoms with Crippen molar-refractivity contribution in [3.63, 3.8) is 0 Å². The van der Waals surface area contributed by atoms with Crippen molar-refractivity contribution in [2.24, 2.45) is 0 Å². The molecule has 3 unspecified atom stereocenters. The Balaban J connectivity index is 2.22. The van der Waals surface area contributed by atoms with Crippen LogP contribution in [0.15, 0.2) is 36.4 Å². The van der Waals surface area contributed by atoms with Gasteiger partial charge in [0.1, 0.15) is 5.60 Å². The Morgan fingerprint density at radius 1 is 0.868 bits per heavy atom. The lowest BCUT2D eigenvalue weighted by Crippen LogP contribution is -2.43. The molecule has 4 nitrogen and oxygen atoms in total. The molecule has 3 rings (SSSR count). The molecule has 0 aliphatic carbocycles. The van der Waals surface area contributed by atoms with E-state index >= 15 is 0 Å². The minimum Gasteiger partial charge on any atom is -0.443 e. The first kappa shape index (κ1) is 29.6. The second-order valence-electron chi connectivity index (χ2n) is 9.91. The Morgan fingerprint density at radius 3 is 1.79 bits per heavy atom. The van der Waals surface area contributed by atoms with Gasteiger partial charge in [-0.3, -0.25) is 4.90 Å². The van der Waals surface area contributed by atoms with Crippen LogP contribution < -0.4 is 4.90 Å². The number of benzene rings is 2. The number of carbonyl (C=O) groups is 1. The van der Waals surface area contributed by atoms with Gasteiger partial charge in [-0.25, -0.2) is 4.79 Å². The molecule has 3 atom stereocenters. The number of hydrogen-bond acceptors (Lipinski definition) is 3. The van der Waals surface area contributed by atoms with Crippen molar-refractivity contribution >= 4 is 11.8 Å². The average molecular weight is 557 g/mol. The second-order valence-corrected chi connectivity index (χ2v) is 9.91. The number of ether oxygens (including phenoxy) is 1. The van der Waals surface area contributed by atoms with E-state index in [1.807, 2.05) is 0 Å². The van der Waals surface area contributed by atoms with Gasteiger partial charge in [0.15, 0.2) is 0 Å². The third kappa shape index (κ3) is 6.02. The first-order chi connectivity index (χ1) is 17.1. The standard InChI is InChI=1S/C25H24F9NO3/c1-5-17-19(20(36)12-8-14(24(29,30)31)10-15(9-12)25(32,33)34)16-7-6-13(23(26,27)28)11-18(16)35(17)21(37)38-22(2,3)4/h6-11,17,19-20,36H,5H2,1-4H3. The summed E-state index contributed by atoms with van der Waals surface area (Å²) < 4.78 is 126. The monoisotopic (exact) mass is 557 g/mol. The molecule has 38 heavy (non-hydrogen) atoms. The second kappa shape index (κ2) is 9.65.